The maximum atomic E-state index is 13.1. The first-order valence-corrected chi connectivity index (χ1v) is 21.4. The minimum absolute atomic E-state index is 0.256. The van der Waals surface area contributed by atoms with Crippen molar-refractivity contribution in [3.63, 3.8) is 0 Å². The molecule has 3 aliphatic rings. The largest absolute Gasteiger partial charge is 0.507 e. The van der Waals surface area contributed by atoms with Crippen LogP contribution in [0.15, 0.2) is 219 Å². The highest BCUT2D eigenvalue weighted by Crippen LogP contribution is 2.69. The summed E-state index contributed by atoms with van der Waals surface area (Å²) in [4.78, 5) is 4.76. The lowest BCUT2D eigenvalue weighted by Crippen LogP contribution is -2.43. The van der Waals surface area contributed by atoms with Crippen LogP contribution in [0, 0.1) is 0 Å². The van der Waals surface area contributed by atoms with Gasteiger partial charge in [-0.3, -0.25) is 4.98 Å². The number of hydrogen-bond donors (Lipinski definition) is 1. The van der Waals surface area contributed by atoms with E-state index in [1.54, 1.807) is 0 Å². The quantitative estimate of drug-likeness (QED) is 0.176. The summed E-state index contributed by atoms with van der Waals surface area (Å²) in [5.74, 6) is 0.256. The normalized spacial score (nSPS) is 14.5. The second-order valence-electron chi connectivity index (χ2n) is 16.7. The molecule has 0 amide bonds. The number of aromatic hydroxyl groups is 1. The molecule has 0 fully saturated rings. The van der Waals surface area contributed by atoms with E-state index in [2.05, 4.69) is 183 Å². The molecular formula is C60H41NO. The van der Waals surface area contributed by atoms with Gasteiger partial charge in [-0.2, -0.15) is 0 Å². The van der Waals surface area contributed by atoms with Crippen LogP contribution in [-0.2, 0) is 10.8 Å². The predicted molar refractivity (Wildman–Crippen MR) is 255 cm³/mol. The van der Waals surface area contributed by atoms with Crippen LogP contribution in [0.1, 0.15) is 57.0 Å². The standard InChI is InChI=1S/C60H41NO/c1-3-4-5-17-38(2)42-35-36-47-55-43(39-31-33-40(34-32-39)44-23-14-18-41-19-16-37-61-57(41)44)22-15-30-54(55)60(56(47)58(42)62)52-28-12-10-26-50(52)59(51-27-11-13-29-53(51)60)48-24-8-6-20-45(48)46-21-7-9-25-49(46)59/h3-37,62H,2H2,1H3/b4-3-,17-5-. The summed E-state index contributed by atoms with van der Waals surface area (Å²) in [7, 11) is 0. The Kier molecular flexibility index (Phi) is 7.92. The molecule has 0 bridgehead atoms. The molecule has 62 heavy (non-hydrogen) atoms. The van der Waals surface area contributed by atoms with E-state index in [-0.39, 0.29) is 5.75 Å². The number of fused-ring (bicyclic) bond motifs is 17. The van der Waals surface area contributed by atoms with Gasteiger partial charge in [0, 0.05) is 28.3 Å². The van der Waals surface area contributed by atoms with E-state index < -0.39 is 10.8 Å². The highest BCUT2D eigenvalue weighted by molar-refractivity contribution is 6.01. The van der Waals surface area contributed by atoms with Crippen molar-refractivity contribution in [1.29, 1.82) is 0 Å². The van der Waals surface area contributed by atoms with Crippen LogP contribution in [-0.4, -0.2) is 10.1 Å². The number of allylic oxidation sites excluding steroid dienone is 5. The second-order valence-corrected chi connectivity index (χ2v) is 16.7. The predicted octanol–water partition coefficient (Wildman–Crippen LogP) is 14.5. The van der Waals surface area contributed by atoms with Crippen molar-refractivity contribution < 1.29 is 5.11 Å². The summed E-state index contributed by atoms with van der Waals surface area (Å²) in [6, 6.07) is 66.4. The van der Waals surface area contributed by atoms with Gasteiger partial charge in [-0.25, -0.2) is 0 Å². The fraction of sp³-hybridized carbons (Fsp3) is 0.0500. The number of hydrogen-bond acceptors (Lipinski definition) is 2. The van der Waals surface area contributed by atoms with Crippen LogP contribution in [0.25, 0.3) is 61.0 Å². The Bertz CT molecular complexity index is 3300. The molecule has 1 heterocycles. The molecule has 1 N–H and O–H groups in total. The molecular weight excluding hydrogens is 751 g/mol. The van der Waals surface area contributed by atoms with Crippen molar-refractivity contribution in [2.24, 2.45) is 0 Å². The van der Waals surface area contributed by atoms with E-state index in [9.17, 15) is 5.11 Å². The molecule has 0 radical (unpaired) electrons. The maximum absolute atomic E-state index is 13.1. The van der Waals surface area contributed by atoms with Gasteiger partial charge in [-0.15, -0.1) is 0 Å². The van der Waals surface area contributed by atoms with Crippen molar-refractivity contribution in [3.05, 3.63) is 269 Å². The van der Waals surface area contributed by atoms with Gasteiger partial charge in [0.25, 0.3) is 0 Å². The van der Waals surface area contributed by atoms with Gasteiger partial charge in [0.2, 0.25) is 0 Å². The number of benzene rings is 8. The summed E-state index contributed by atoms with van der Waals surface area (Å²) in [5, 5.41) is 14.3. The smallest absolute Gasteiger partial charge is 0.128 e. The number of nitrogens with zero attached hydrogens (tertiary/aromatic N) is 1. The fourth-order valence-corrected chi connectivity index (χ4v) is 11.4. The van der Waals surface area contributed by atoms with Gasteiger partial charge in [-0.1, -0.05) is 207 Å². The Labute approximate surface area is 362 Å². The lowest BCUT2D eigenvalue weighted by atomic mass is 9.52. The van der Waals surface area contributed by atoms with E-state index in [4.69, 9.17) is 4.98 Å². The Morgan fingerprint density at radius 3 is 1.65 bits per heavy atom. The number of para-hydroxylation sites is 1. The molecule has 0 unspecified atom stereocenters. The topological polar surface area (TPSA) is 33.1 Å². The first kappa shape index (κ1) is 36.1. The van der Waals surface area contributed by atoms with E-state index in [0.29, 0.717) is 0 Å². The van der Waals surface area contributed by atoms with E-state index in [0.717, 1.165) is 66.5 Å². The Balaban J connectivity index is 1.17. The molecule has 8 aromatic carbocycles. The molecule has 12 rings (SSSR count). The van der Waals surface area contributed by atoms with Gasteiger partial charge < -0.3 is 5.11 Å². The van der Waals surface area contributed by atoms with Crippen LogP contribution in [0.3, 0.4) is 0 Å². The summed E-state index contributed by atoms with van der Waals surface area (Å²) in [5.41, 5.74) is 19.6. The second kappa shape index (κ2) is 13.6. The van der Waals surface area contributed by atoms with Crippen LogP contribution >= 0.6 is 0 Å². The van der Waals surface area contributed by atoms with Crippen LogP contribution in [0.2, 0.25) is 0 Å². The average Bonchev–Trinajstić information content (AvgIpc) is 3.80. The van der Waals surface area contributed by atoms with Gasteiger partial charge >= 0.3 is 0 Å². The minimum atomic E-state index is -0.867. The number of rotatable bonds is 5. The third-order valence-electron chi connectivity index (χ3n) is 13.8. The number of phenolic OH excluding ortho intramolecular Hbond substituents is 1. The first-order valence-electron chi connectivity index (χ1n) is 21.4. The zero-order valence-electron chi connectivity index (χ0n) is 34.3. The summed E-state index contributed by atoms with van der Waals surface area (Å²) in [6.45, 7) is 6.49. The molecule has 0 atom stereocenters. The van der Waals surface area contributed by atoms with Gasteiger partial charge in [-0.05, 0) is 96.5 Å². The molecule has 2 spiro atoms. The number of pyridine rings is 1. The summed E-state index contributed by atoms with van der Waals surface area (Å²) in [6.07, 6.45) is 9.82. The van der Waals surface area contributed by atoms with Crippen LogP contribution in [0.4, 0.5) is 0 Å². The number of phenols is 1. The molecule has 9 aromatic rings. The summed E-state index contributed by atoms with van der Waals surface area (Å²) < 4.78 is 0. The highest BCUT2D eigenvalue weighted by Gasteiger charge is 2.60. The Hall–Kier alpha value is -7.81. The molecule has 292 valence electrons. The van der Waals surface area contributed by atoms with Gasteiger partial charge in [0.1, 0.15) is 5.75 Å². The van der Waals surface area contributed by atoms with E-state index >= 15 is 0 Å². The first-order chi connectivity index (χ1) is 30.6. The SMILES string of the molecule is C=C(/C=C\C=C/C)c1ccc2c(c1O)C1(c3ccccc3C3(c4ccccc4-c4ccccc43)c3ccccc31)c1cccc(-c3ccc(-c4cccc5cccnc45)cc3)c1-2. The lowest BCUT2D eigenvalue weighted by molar-refractivity contribution is 0.458. The molecule has 3 aliphatic carbocycles. The average molecular weight is 792 g/mol. The summed E-state index contributed by atoms with van der Waals surface area (Å²) >= 11 is 0. The van der Waals surface area contributed by atoms with E-state index in [1.807, 2.05) is 43.5 Å². The van der Waals surface area contributed by atoms with Crippen molar-refractivity contribution in [2.45, 2.75) is 17.8 Å². The minimum Gasteiger partial charge on any atom is -0.507 e. The molecule has 0 saturated heterocycles. The van der Waals surface area contributed by atoms with Gasteiger partial charge in [0.05, 0.1) is 16.3 Å². The fourth-order valence-electron chi connectivity index (χ4n) is 11.4. The van der Waals surface area contributed by atoms with Crippen LogP contribution < -0.4 is 0 Å². The zero-order valence-corrected chi connectivity index (χ0v) is 34.3. The molecule has 2 heteroatoms. The Morgan fingerprint density at radius 1 is 0.484 bits per heavy atom. The molecule has 1 aromatic heterocycles. The van der Waals surface area contributed by atoms with Crippen molar-refractivity contribution in [2.75, 3.05) is 0 Å². The van der Waals surface area contributed by atoms with Crippen molar-refractivity contribution >= 4 is 16.5 Å². The molecule has 0 saturated carbocycles. The maximum Gasteiger partial charge on any atom is 0.128 e. The van der Waals surface area contributed by atoms with Crippen molar-refractivity contribution in [1.82, 2.24) is 4.98 Å². The van der Waals surface area contributed by atoms with Gasteiger partial charge in [0.15, 0.2) is 0 Å². The zero-order chi connectivity index (χ0) is 41.6. The third-order valence-corrected chi connectivity index (χ3v) is 13.8. The van der Waals surface area contributed by atoms with E-state index in [1.165, 1.54) is 44.5 Å². The highest BCUT2D eigenvalue weighted by atomic mass is 16.3. The Morgan fingerprint density at radius 2 is 1.00 bits per heavy atom. The molecule has 2 nitrogen and oxygen atoms in total. The number of aromatic nitrogens is 1. The monoisotopic (exact) mass is 791 g/mol. The molecule has 0 aliphatic heterocycles. The lowest BCUT2D eigenvalue weighted by Gasteiger charge is -2.49. The third kappa shape index (κ3) is 4.67. The van der Waals surface area contributed by atoms with Crippen molar-refractivity contribution in [3.8, 4) is 50.3 Å². The van der Waals surface area contributed by atoms with Crippen LogP contribution in [0.5, 0.6) is 5.75 Å².